The summed E-state index contributed by atoms with van der Waals surface area (Å²) in [5, 5.41) is 11.1. The minimum Gasteiger partial charge on any atom is -0.507 e. The number of hydrogen-bond donors (Lipinski definition) is 1. The molecule has 1 saturated heterocycles. The fourth-order valence-electron chi connectivity index (χ4n) is 3.58. The van der Waals surface area contributed by atoms with Gasteiger partial charge in [-0.2, -0.15) is 0 Å². The van der Waals surface area contributed by atoms with Gasteiger partial charge in [-0.25, -0.2) is 0 Å². The van der Waals surface area contributed by atoms with E-state index in [-0.39, 0.29) is 11.3 Å². The molecule has 0 aromatic heterocycles. The largest absolute Gasteiger partial charge is 0.507 e. The molecule has 0 aliphatic carbocycles. The average molecular weight is 409 g/mol. The molecule has 6 heteroatoms. The Morgan fingerprint density at radius 1 is 1.07 bits per heavy atom. The molecule has 3 rings (SSSR count). The van der Waals surface area contributed by atoms with Gasteiger partial charge < -0.3 is 19.5 Å². The third-order valence-electron chi connectivity index (χ3n) is 4.98. The highest BCUT2D eigenvalue weighted by Crippen LogP contribution is 2.39. The van der Waals surface area contributed by atoms with Crippen LogP contribution in [0.3, 0.4) is 0 Å². The predicted octanol–water partition coefficient (Wildman–Crippen LogP) is 3.93. The fourth-order valence-corrected chi connectivity index (χ4v) is 3.58. The van der Waals surface area contributed by atoms with E-state index in [1.807, 2.05) is 37.3 Å². The minimum absolute atomic E-state index is 0.0938. The number of likely N-dealkylation sites (tertiary alicyclic amines) is 1. The number of ether oxygens (including phenoxy) is 2. The third kappa shape index (κ3) is 4.54. The number of carbonyl (C=O) groups is 2. The molecule has 1 unspecified atom stereocenters. The van der Waals surface area contributed by atoms with Gasteiger partial charge in [0.25, 0.3) is 11.7 Å². The summed E-state index contributed by atoms with van der Waals surface area (Å²) >= 11 is 0. The second kappa shape index (κ2) is 10.1. The van der Waals surface area contributed by atoms with Crippen LogP contribution < -0.4 is 4.74 Å². The number of hydrogen-bond acceptors (Lipinski definition) is 5. The summed E-state index contributed by atoms with van der Waals surface area (Å²) in [5.74, 6) is -0.886. The van der Waals surface area contributed by atoms with Crippen LogP contribution in [0.25, 0.3) is 5.76 Å². The Balaban J connectivity index is 2.05. The van der Waals surface area contributed by atoms with Crippen molar-refractivity contribution in [1.82, 2.24) is 4.90 Å². The molecule has 1 fully saturated rings. The van der Waals surface area contributed by atoms with Crippen molar-refractivity contribution in [2.24, 2.45) is 0 Å². The molecule has 0 saturated carbocycles. The Hall–Kier alpha value is -3.12. The van der Waals surface area contributed by atoms with E-state index in [0.29, 0.717) is 37.5 Å². The van der Waals surface area contributed by atoms with Gasteiger partial charge in [0.2, 0.25) is 0 Å². The van der Waals surface area contributed by atoms with Crippen LogP contribution in [0, 0.1) is 0 Å². The van der Waals surface area contributed by atoms with E-state index in [1.165, 1.54) is 4.90 Å². The SMILES string of the molecule is CCCOc1cccc(/C(O)=C2/C(=O)C(=O)N(CCCOC)C2c2ccccc2)c1. The maximum atomic E-state index is 12.9. The van der Waals surface area contributed by atoms with Gasteiger partial charge in [-0.15, -0.1) is 0 Å². The summed E-state index contributed by atoms with van der Waals surface area (Å²) in [6, 6.07) is 15.6. The number of methoxy groups -OCH3 is 1. The third-order valence-corrected chi connectivity index (χ3v) is 4.98. The van der Waals surface area contributed by atoms with Crippen LogP contribution in [0.15, 0.2) is 60.2 Å². The van der Waals surface area contributed by atoms with Crippen molar-refractivity contribution in [3.8, 4) is 5.75 Å². The van der Waals surface area contributed by atoms with E-state index in [1.54, 1.807) is 31.4 Å². The van der Waals surface area contributed by atoms with Gasteiger partial charge in [0, 0.05) is 25.8 Å². The Kier molecular flexibility index (Phi) is 7.25. The second-order valence-corrected chi connectivity index (χ2v) is 7.13. The summed E-state index contributed by atoms with van der Waals surface area (Å²) in [7, 11) is 1.59. The molecular weight excluding hydrogens is 382 g/mol. The first-order chi connectivity index (χ1) is 14.6. The summed E-state index contributed by atoms with van der Waals surface area (Å²) in [6.07, 6.45) is 1.45. The lowest BCUT2D eigenvalue weighted by Crippen LogP contribution is -2.31. The van der Waals surface area contributed by atoms with E-state index in [4.69, 9.17) is 9.47 Å². The molecule has 1 atom stereocenters. The summed E-state index contributed by atoms with van der Waals surface area (Å²) in [6.45, 7) is 3.39. The second-order valence-electron chi connectivity index (χ2n) is 7.13. The number of benzene rings is 2. The summed E-state index contributed by atoms with van der Waals surface area (Å²) in [4.78, 5) is 27.2. The highest BCUT2D eigenvalue weighted by atomic mass is 16.5. The van der Waals surface area contributed by atoms with Crippen molar-refractivity contribution < 1.29 is 24.2 Å². The molecule has 1 aliphatic rings. The van der Waals surface area contributed by atoms with Crippen LogP contribution in [0.2, 0.25) is 0 Å². The van der Waals surface area contributed by atoms with Gasteiger partial charge in [0.15, 0.2) is 0 Å². The van der Waals surface area contributed by atoms with Crippen LogP contribution >= 0.6 is 0 Å². The maximum absolute atomic E-state index is 12.9. The number of Topliss-reactive ketones (excluding diaryl/α,β-unsaturated/α-hetero) is 1. The smallest absolute Gasteiger partial charge is 0.295 e. The summed E-state index contributed by atoms with van der Waals surface area (Å²) in [5.41, 5.74) is 1.31. The van der Waals surface area contributed by atoms with Crippen molar-refractivity contribution in [2.75, 3.05) is 26.9 Å². The van der Waals surface area contributed by atoms with Gasteiger partial charge in [0.05, 0.1) is 18.2 Å². The number of amides is 1. The molecule has 1 N–H and O–H groups in total. The van der Waals surface area contributed by atoms with E-state index in [0.717, 1.165) is 12.0 Å². The number of nitrogens with zero attached hydrogens (tertiary/aromatic N) is 1. The summed E-state index contributed by atoms with van der Waals surface area (Å²) < 4.78 is 10.7. The molecule has 1 aliphatic heterocycles. The molecule has 158 valence electrons. The van der Waals surface area contributed by atoms with E-state index in [2.05, 4.69) is 0 Å². The Morgan fingerprint density at radius 2 is 1.83 bits per heavy atom. The molecule has 1 amide bonds. The monoisotopic (exact) mass is 409 g/mol. The van der Waals surface area contributed by atoms with Gasteiger partial charge >= 0.3 is 0 Å². The Morgan fingerprint density at radius 3 is 2.53 bits per heavy atom. The van der Waals surface area contributed by atoms with Gasteiger partial charge in [-0.1, -0.05) is 49.4 Å². The maximum Gasteiger partial charge on any atom is 0.295 e. The topological polar surface area (TPSA) is 76.1 Å². The zero-order chi connectivity index (χ0) is 21.5. The first kappa shape index (κ1) is 21.6. The van der Waals surface area contributed by atoms with Crippen LogP contribution in [0.1, 0.15) is 36.9 Å². The Labute approximate surface area is 176 Å². The molecule has 2 aromatic carbocycles. The van der Waals surface area contributed by atoms with Gasteiger partial charge in [-0.3, -0.25) is 9.59 Å². The fraction of sp³-hybridized carbons (Fsp3) is 0.333. The number of aliphatic hydroxyl groups excluding tert-OH is 1. The lowest BCUT2D eigenvalue weighted by Gasteiger charge is -2.25. The van der Waals surface area contributed by atoms with Crippen LogP contribution in [-0.4, -0.2) is 48.6 Å². The van der Waals surface area contributed by atoms with Crippen molar-refractivity contribution in [3.05, 3.63) is 71.3 Å². The first-order valence-electron chi connectivity index (χ1n) is 10.1. The highest BCUT2D eigenvalue weighted by molar-refractivity contribution is 6.46. The molecule has 0 spiro atoms. The van der Waals surface area contributed by atoms with E-state index < -0.39 is 17.7 Å². The van der Waals surface area contributed by atoms with Crippen LogP contribution in [-0.2, 0) is 14.3 Å². The molecule has 6 nitrogen and oxygen atoms in total. The highest BCUT2D eigenvalue weighted by Gasteiger charge is 2.45. The van der Waals surface area contributed by atoms with Crippen molar-refractivity contribution in [2.45, 2.75) is 25.8 Å². The van der Waals surface area contributed by atoms with Crippen LogP contribution in [0.4, 0.5) is 0 Å². The lowest BCUT2D eigenvalue weighted by molar-refractivity contribution is -0.140. The first-order valence-corrected chi connectivity index (χ1v) is 10.1. The Bertz CT molecular complexity index is 922. The quantitative estimate of drug-likeness (QED) is 0.294. The number of ketones is 1. The zero-order valence-corrected chi connectivity index (χ0v) is 17.3. The number of aliphatic hydroxyl groups is 1. The molecular formula is C24H27NO5. The molecule has 0 radical (unpaired) electrons. The van der Waals surface area contributed by atoms with Crippen molar-refractivity contribution in [3.63, 3.8) is 0 Å². The van der Waals surface area contributed by atoms with Crippen LogP contribution in [0.5, 0.6) is 5.75 Å². The molecule has 0 bridgehead atoms. The number of rotatable bonds is 9. The zero-order valence-electron chi connectivity index (χ0n) is 17.3. The predicted molar refractivity (Wildman–Crippen MR) is 114 cm³/mol. The van der Waals surface area contributed by atoms with Crippen molar-refractivity contribution >= 4 is 17.4 Å². The average Bonchev–Trinajstić information content (AvgIpc) is 3.03. The van der Waals surface area contributed by atoms with E-state index >= 15 is 0 Å². The van der Waals surface area contributed by atoms with Gasteiger partial charge in [-0.05, 0) is 30.5 Å². The molecule has 30 heavy (non-hydrogen) atoms. The molecule has 1 heterocycles. The normalized spacial score (nSPS) is 18.1. The lowest BCUT2D eigenvalue weighted by atomic mass is 9.95. The minimum atomic E-state index is -0.682. The van der Waals surface area contributed by atoms with Crippen molar-refractivity contribution in [1.29, 1.82) is 0 Å². The number of carbonyl (C=O) groups excluding carboxylic acids is 2. The standard InChI is InChI=1S/C24H27NO5/c1-3-14-30-19-12-7-11-18(16-19)22(26)20-21(17-9-5-4-6-10-17)25(13-8-15-29-2)24(28)23(20)27/h4-7,9-12,16,21,26H,3,8,13-15H2,1-2H3/b22-20-. The molecule has 2 aromatic rings. The van der Waals surface area contributed by atoms with Gasteiger partial charge in [0.1, 0.15) is 11.5 Å². The van der Waals surface area contributed by atoms with E-state index in [9.17, 15) is 14.7 Å².